The Morgan fingerprint density at radius 3 is 2.41 bits per heavy atom. The van der Waals surface area contributed by atoms with Crippen LogP contribution in [0.25, 0.3) is 11.4 Å². The van der Waals surface area contributed by atoms with Crippen LogP contribution in [0.3, 0.4) is 0 Å². The van der Waals surface area contributed by atoms with Gasteiger partial charge in [0.1, 0.15) is 10.8 Å². The van der Waals surface area contributed by atoms with Crippen LogP contribution in [-0.4, -0.2) is 40.1 Å². The van der Waals surface area contributed by atoms with Gasteiger partial charge in [0.15, 0.2) is 5.82 Å². The van der Waals surface area contributed by atoms with Crippen LogP contribution in [0.1, 0.15) is 89.0 Å². The van der Waals surface area contributed by atoms with E-state index in [-0.39, 0.29) is 17.9 Å². The number of aromatic nitrogens is 2. The molecule has 0 atom stereocenters. The van der Waals surface area contributed by atoms with E-state index in [4.69, 9.17) is 9.72 Å². The normalized spacial score (nSPS) is 24.7. The molecule has 0 aliphatic heterocycles. The van der Waals surface area contributed by atoms with Crippen molar-refractivity contribution in [1.82, 2.24) is 9.36 Å². The maximum absolute atomic E-state index is 14.0. The zero-order valence-corrected chi connectivity index (χ0v) is 25.7. The van der Waals surface area contributed by atoms with Crippen LogP contribution in [0.2, 0.25) is 0 Å². The van der Waals surface area contributed by atoms with Crippen molar-refractivity contribution < 1.29 is 14.6 Å². The quantitative estimate of drug-likeness (QED) is 0.231. The number of nitrogens with zero attached hydrogens (tertiary/aromatic N) is 3. The van der Waals surface area contributed by atoms with Crippen LogP contribution in [0.15, 0.2) is 59.9 Å². The molecule has 2 aromatic rings. The minimum absolute atomic E-state index is 0.0350. The van der Waals surface area contributed by atoms with E-state index in [9.17, 15) is 9.90 Å². The SMILES string of the molecule is C=C(/C=C\C(OC)=C(C)C)C1CCC(CN(C(=O)C2CCC(O)CC2)c2cccc(-c3nsc(C4CC4)n3)c2)CC1. The topological polar surface area (TPSA) is 75.5 Å². The summed E-state index contributed by atoms with van der Waals surface area (Å²) in [5.74, 6) is 3.30. The predicted octanol–water partition coefficient (Wildman–Crippen LogP) is 7.83. The Balaban J connectivity index is 1.29. The molecule has 3 aliphatic carbocycles. The first-order valence-electron chi connectivity index (χ1n) is 15.3. The fourth-order valence-electron chi connectivity index (χ4n) is 6.26. The molecule has 0 unspecified atom stereocenters. The molecule has 0 bridgehead atoms. The third kappa shape index (κ3) is 7.55. The van der Waals surface area contributed by atoms with Crippen molar-refractivity contribution in [1.29, 1.82) is 0 Å². The smallest absolute Gasteiger partial charge is 0.230 e. The first kappa shape index (κ1) is 29.7. The summed E-state index contributed by atoms with van der Waals surface area (Å²) in [6.07, 6.45) is 13.5. The van der Waals surface area contributed by atoms with Gasteiger partial charge in [0.25, 0.3) is 0 Å². The molecule has 6 nitrogen and oxygen atoms in total. The van der Waals surface area contributed by atoms with Gasteiger partial charge in [-0.1, -0.05) is 30.4 Å². The lowest BCUT2D eigenvalue weighted by atomic mass is 9.78. The predicted molar refractivity (Wildman–Crippen MR) is 167 cm³/mol. The number of hydrogen-bond acceptors (Lipinski definition) is 6. The third-order valence-corrected chi connectivity index (χ3v) is 9.95. The van der Waals surface area contributed by atoms with E-state index >= 15 is 0 Å². The number of anilines is 1. The van der Waals surface area contributed by atoms with E-state index < -0.39 is 0 Å². The summed E-state index contributed by atoms with van der Waals surface area (Å²) >= 11 is 1.51. The number of aliphatic hydroxyl groups is 1. The second-order valence-electron chi connectivity index (χ2n) is 12.4. The Morgan fingerprint density at radius 2 is 1.76 bits per heavy atom. The summed E-state index contributed by atoms with van der Waals surface area (Å²) in [4.78, 5) is 20.9. The molecule has 3 saturated carbocycles. The van der Waals surface area contributed by atoms with E-state index in [1.165, 1.54) is 24.4 Å². The second kappa shape index (κ2) is 13.5. The molecular weight excluding hydrogens is 530 g/mol. The van der Waals surface area contributed by atoms with E-state index in [1.54, 1.807) is 7.11 Å². The monoisotopic (exact) mass is 575 g/mol. The molecule has 1 aromatic carbocycles. The molecule has 3 aliphatic rings. The molecule has 1 N–H and O–H groups in total. The number of hydrogen-bond donors (Lipinski definition) is 1. The van der Waals surface area contributed by atoms with Crippen LogP contribution in [0.4, 0.5) is 5.69 Å². The minimum Gasteiger partial charge on any atom is -0.497 e. The van der Waals surface area contributed by atoms with E-state index in [2.05, 4.69) is 35.2 Å². The van der Waals surface area contributed by atoms with Gasteiger partial charge < -0.3 is 14.7 Å². The summed E-state index contributed by atoms with van der Waals surface area (Å²) in [6, 6.07) is 8.24. The van der Waals surface area contributed by atoms with E-state index in [0.29, 0.717) is 30.6 Å². The number of allylic oxidation sites excluding steroid dienone is 4. The summed E-state index contributed by atoms with van der Waals surface area (Å²) in [5, 5.41) is 11.2. The lowest BCUT2D eigenvalue weighted by Crippen LogP contribution is -2.42. The first-order valence-corrected chi connectivity index (χ1v) is 16.1. The van der Waals surface area contributed by atoms with E-state index in [0.717, 1.165) is 84.1 Å². The fourth-order valence-corrected chi connectivity index (χ4v) is 7.10. The highest BCUT2D eigenvalue weighted by atomic mass is 32.1. The summed E-state index contributed by atoms with van der Waals surface area (Å²) in [5.41, 5.74) is 4.21. The lowest BCUT2D eigenvalue weighted by molar-refractivity contribution is -0.124. The molecule has 7 heteroatoms. The van der Waals surface area contributed by atoms with Crippen molar-refractivity contribution in [2.45, 2.75) is 90.1 Å². The van der Waals surface area contributed by atoms with Gasteiger partial charge in [0.2, 0.25) is 5.91 Å². The number of carbonyl (C=O) groups is 1. The second-order valence-corrected chi connectivity index (χ2v) is 13.2. The molecule has 5 rings (SSSR count). The average molecular weight is 576 g/mol. The van der Waals surface area contributed by atoms with Crippen LogP contribution in [0.5, 0.6) is 0 Å². The van der Waals surface area contributed by atoms with Gasteiger partial charge in [0, 0.05) is 29.6 Å². The van der Waals surface area contributed by atoms with Crippen molar-refractivity contribution in [3.05, 3.63) is 64.9 Å². The highest BCUT2D eigenvalue weighted by molar-refractivity contribution is 7.05. The molecule has 1 aromatic heterocycles. The van der Waals surface area contributed by atoms with Crippen molar-refractivity contribution in [3.8, 4) is 11.4 Å². The number of rotatable bonds is 10. The number of carbonyl (C=O) groups excluding carboxylic acids is 1. The van der Waals surface area contributed by atoms with Gasteiger partial charge in [-0.05, 0) is 125 Å². The standard InChI is InChI=1S/C34H45N3O3S/c1-22(2)31(40-4)19-8-23(3)25-11-9-24(10-12-25)21-37(34(39)27-15-17-30(38)18-16-27)29-7-5-6-28(20-29)32-35-33(41-36-32)26-13-14-26/h5-8,19-20,24-27,30,38H,3,9-18,21H2,1-2,4H3/b19-8-. The maximum atomic E-state index is 14.0. The Morgan fingerprint density at radius 1 is 1.05 bits per heavy atom. The first-order chi connectivity index (χ1) is 19.8. The Labute approximate surface area is 249 Å². The number of aliphatic hydroxyl groups excluding tert-OH is 1. The summed E-state index contributed by atoms with van der Waals surface area (Å²) in [6.45, 7) is 9.19. The molecule has 0 saturated heterocycles. The third-order valence-electron chi connectivity index (χ3n) is 9.07. The molecule has 0 spiro atoms. The molecule has 3 fully saturated rings. The van der Waals surface area contributed by atoms with Crippen LogP contribution >= 0.6 is 11.5 Å². The molecular formula is C34H45N3O3S. The average Bonchev–Trinajstić information content (AvgIpc) is 3.72. The zero-order chi connectivity index (χ0) is 28.9. The van der Waals surface area contributed by atoms with Crippen LogP contribution in [0, 0.1) is 17.8 Å². The summed E-state index contributed by atoms with van der Waals surface area (Å²) in [7, 11) is 1.71. The van der Waals surface area contributed by atoms with Gasteiger partial charge in [-0.2, -0.15) is 4.37 Å². The highest BCUT2D eigenvalue weighted by Gasteiger charge is 2.33. The molecule has 0 radical (unpaired) electrons. The molecule has 1 heterocycles. The molecule has 41 heavy (non-hydrogen) atoms. The van der Waals surface area contributed by atoms with Gasteiger partial charge in [0.05, 0.1) is 13.2 Å². The summed E-state index contributed by atoms with van der Waals surface area (Å²) < 4.78 is 10.1. The Hall–Kier alpha value is -2.77. The molecule has 220 valence electrons. The lowest BCUT2D eigenvalue weighted by Gasteiger charge is -2.36. The number of amides is 1. The van der Waals surface area contributed by atoms with Crippen molar-refractivity contribution in [2.24, 2.45) is 17.8 Å². The van der Waals surface area contributed by atoms with Crippen molar-refractivity contribution in [2.75, 3.05) is 18.6 Å². The van der Waals surface area contributed by atoms with Gasteiger partial charge in [-0.15, -0.1) is 0 Å². The minimum atomic E-state index is -0.277. The largest absolute Gasteiger partial charge is 0.497 e. The maximum Gasteiger partial charge on any atom is 0.230 e. The van der Waals surface area contributed by atoms with Gasteiger partial charge in [-0.3, -0.25) is 4.79 Å². The fraction of sp³-hybridized carbons (Fsp3) is 0.559. The van der Waals surface area contributed by atoms with E-state index in [1.807, 2.05) is 30.9 Å². The number of ether oxygens (including phenoxy) is 1. The Kier molecular flexibility index (Phi) is 9.76. The number of benzene rings is 1. The Bertz CT molecular complexity index is 1270. The highest BCUT2D eigenvalue weighted by Crippen LogP contribution is 2.42. The van der Waals surface area contributed by atoms with Crippen LogP contribution < -0.4 is 4.90 Å². The van der Waals surface area contributed by atoms with Gasteiger partial charge >= 0.3 is 0 Å². The zero-order valence-electron chi connectivity index (χ0n) is 24.8. The van der Waals surface area contributed by atoms with Crippen molar-refractivity contribution >= 4 is 23.1 Å². The van der Waals surface area contributed by atoms with Crippen LogP contribution in [-0.2, 0) is 9.53 Å². The molecule has 1 amide bonds. The van der Waals surface area contributed by atoms with Gasteiger partial charge in [-0.25, -0.2) is 4.98 Å². The number of methoxy groups -OCH3 is 1. The van der Waals surface area contributed by atoms with Crippen molar-refractivity contribution in [3.63, 3.8) is 0 Å².